The first-order valence-electron chi connectivity index (χ1n) is 6.05. The summed E-state index contributed by atoms with van der Waals surface area (Å²) >= 11 is 0. The second-order valence-electron chi connectivity index (χ2n) is 4.47. The van der Waals surface area contributed by atoms with Gasteiger partial charge in [-0.25, -0.2) is 0 Å². The Bertz CT molecular complexity index is 356. The summed E-state index contributed by atoms with van der Waals surface area (Å²) in [7, 11) is -9.11. The third-order valence-electron chi connectivity index (χ3n) is 2.79. The van der Waals surface area contributed by atoms with Gasteiger partial charge < -0.3 is 34.3 Å². The molecule has 0 aliphatic rings. The van der Waals surface area contributed by atoms with Crippen LogP contribution in [0.4, 0.5) is 0 Å². The van der Waals surface area contributed by atoms with Gasteiger partial charge in [0.2, 0.25) is 0 Å². The molecule has 20 heavy (non-hydrogen) atoms. The van der Waals surface area contributed by atoms with Crippen molar-refractivity contribution in [2.24, 2.45) is 0 Å². The fraction of sp³-hybridized carbons (Fsp3) is 1.00. The molecule has 5 N–H and O–H groups in total. The molecular formula is C9H23NO8P2. The lowest BCUT2D eigenvalue weighted by atomic mass is 10.3. The van der Waals surface area contributed by atoms with Gasteiger partial charge in [0.1, 0.15) is 0 Å². The molecule has 0 spiro atoms. The van der Waals surface area contributed by atoms with Gasteiger partial charge in [-0.15, -0.1) is 0 Å². The number of hydrogen-bond donors (Lipinski definition) is 5. The standard InChI is InChI=1S/C9H23NO8P2/c1-3-18-8-4-6-10(2)7-5-9(11,19(12,13)14)20(15,16)17/h11H,3-8H2,1-2H3,(H2,12,13,14)(H2,15,16,17). The highest BCUT2D eigenvalue weighted by Gasteiger charge is 2.58. The van der Waals surface area contributed by atoms with Gasteiger partial charge in [0.05, 0.1) is 0 Å². The second-order valence-corrected chi connectivity index (χ2v) is 8.47. The van der Waals surface area contributed by atoms with Gasteiger partial charge in [-0.2, -0.15) is 0 Å². The Morgan fingerprint density at radius 2 is 1.60 bits per heavy atom. The van der Waals surface area contributed by atoms with E-state index in [9.17, 15) is 14.2 Å². The number of ether oxygens (including phenoxy) is 1. The van der Waals surface area contributed by atoms with E-state index >= 15 is 0 Å². The predicted molar refractivity (Wildman–Crippen MR) is 72.3 cm³/mol. The van der Waals surface area contributed by atoms with Crippen LogP contribution in [0.1, 0.15) is 19.8 Å². The fourth-order valence-corrected chi connectivity index (χ4v) is 3.63. The van der Waals surface area contributed by atoms with Gasteiger partial charge in [-0.1, -0.05) is 0 Å². The van der Waals surface area contributed by atoms with Gasteiger partial charge in [-0.05, 0) is 20.4 Å². The maximum atomic E-state index is 11.1. The second kappa shape index (κ2) is 7.98. The summed E-state index contributed by atoms with van der Waals surface area (Å²) in [5.41, 5.74) is 0. The topological polar surface area (TPSA) is 148 Å². The summed E-state index contributed by atoms with van der Waals surface area (Å²) in [6.45, 7) is 3.39. The van der Waals surface area contributed by atoms with E-state index in [0.717, 1.165) is 0 Å². The van der Waals surface area contributed by atoms with Crippen LogP contribution in [0.5, 0.6) is 0 Å². The van der Waals surface area contributed by atoms with Crippen LogP contribution >= 0.6 is 15.2 Å². The highest BCUT2D eigenvalue weighted by Crippen LogP contribution is 2.68. The quantitative estimate of drug-likeness (QED) is 0.269. The normalized spacial score (nSPS) is 14.0. The van der Waals surface area contributed by atoms with E-state index in [1.165, 1.54) is 0 Å². The fourth-order valence-electron chi connectivity index (χ4n) is 1.49. The van der Waals surface area contributed by atoms with E-state index in [2.05, 4.69) is 0 Å². The zero-order valence-corrected chi connectivity index (χ0v) is 13.3. The van der Waals surface area contributed by atoms with Crippen LogP contribution in [0.2, 0.25) is 0 Å². The van der Waals surface area contributed by atoms with Crippen molar-refractivity contribution in [3.8, 4) is 0 Å². The molecular weight excluding hydrogens is 312 g/mol. The monoisotopic (exact) mass is 335 g/mol. The molecule has 0 amide bonds. The Morgan fingerprint density at radius 3 is 2.00 bits per heavy atom. The van der Waals surface area contributed by atoms with Crippen LogP contribution in [-0.4, -0.2) is 68.0 Å². The van der Waals surface area contributed by atoms with E-state index in [4.69, 9.17) is 24.3 Å². The smallest absolute Gasteiger partial charge is 0.369 e. The summed E-state index contributed by atoms with van der Waals surface area (Å²) in [5, 5.41) is 6.33. The van der Waals surface area contributed by atoms with Crippen molar-refractivity contribution in [2.45, 2.75) is 24.8 Å². The van der Waals surface area contributed by atoms with Crippen molar-refractivity contribution >= 4 is 15.2 Å². The maximum absolute atomic E-state index is 11.1. The maximum Gasteiger partial charge on any atom is 0.369 e. The van der Waals surface area contributed by atoms with E-state index < -0.39 is 26.7 Å². The lowest BCUT2D eigenvalue weighted by molar-refractivity contribution is 0.106. The van der Waals surface area contributed by atoms with Gasteiger partial charge >= 0.3 is 15.2 Å². The molecule has 0 rings (SSSR count). The Kier molecular flexibility index (Phi) is 8.05. The highest BCUT2D eigenvalue weighted by atomic mass is 31.2. The first kappa shape index (κ1) is 20.2. The number of hydrogen-bond acceptors (Lipinski definition) is 5. The first-order valence-corrected chi connectivity index (χ1v) is 9.28. The van der Waals surface area contributed by atoms with E-state index in [-0.39, 0.29) is 6.54 Å². The lowest BCUT2D eigenvalue weighted by Crippen LogP contribution is -2.34. The zero-order valence-electron chi connectivity index (χ0n) is 11.5. The summed E-state index contributed by atoms with van der Waals surface area (Å²) in [5.74, 6) is 0. The van der Waals surface area contributed by atoms with E-state index in [1.807, 2.05) is 6.92 Å². The molecule has 11 heteroatoms. The number of nitrogens with zero attached hydrogens (tertiary/aromatic N) is 1. The van der Waals surface area contributed by atoms with Crippen LogP contribution in [0.25, 0.3) is 0 Å². The molecule has 0 aromatic carbocycles. The third kappa shape index (κ3) is 5.89. The number of aliphatic hydroxyl groups is 1. The molecule has 0 aliphatic carbocycles. The molecule has 0 radical (unpaired) electrons. The van der Waals surface area contributed by atoms with Crippen LogP contribution in [0.3, 0.4) is 0 Å². The Labute approximate surface area is 117 Å². The first-order chi connectivity index (χ1) is 8.95. The summed E-state index contributed by atoms with van der Waals surface area (Å²) < 4.78 is 27.4. The van der Waals surface area contributed by atoms with E-state index in [1.54, 1.807) is 11.9 Å². The van der Waals surface area contributed by atoms with Gasteiger partial charge in [0.15, 0.2) is 0 Å². The minimum absolute atomic E-state index is 0.0706. The molecule has 0 saturated carbocycles. The molecule has 0 saturated heterocycles. The molecule has 0 aromatic heterocycles. The molecule has 122 valence electrons. The molecule has 0 bridgehead atoms. The minimum Gasteiger partial charge on any atom is -0.382 e. The largest absolute Gasteiger partial charge is 0.382 e. The molecule has 0 unspecified atom stereocenters. The Morgan fingerprint density at radius 1 is 1.10 bits per heavy atom. The average Bonchev–Trinajstić information content (AvgIpc) is 2.28. The van der Waals surface area contributed by atoms with Crippen LogP contribution < -0.4 is 0 Å². The predicted octanol–water partition coefficient (Wildman–Crippen LogP) is -0.264. The molecule has 0 aliphatic heterocycles. The SMILES string of the molecule is CCOCCCN(C)CCC(O)(P(=O)(O)O)P(=O)(O)O. The zero-order chi connectivity index (χ0) is 16.0. The van der Waals surface area contributed by atoms with Gasteiger partial charge in [0.25, 0.3) is 5.08 Å². The van der Waals surface area contributed by atoms with E-state index in [0.29, 0.717) is 26.2 Å². The van der Waals surface area contributed by atoms with Gasteiger partial charge in [0, 0.05) is 32.7 Å². The average molecular weight is 335 g/mol. The number of rotatable bonds is 10. The summed E-state index contributed by atoms with van der Waals surface area (Å²) in [4.78, 5) is 37.5. The van der Waals surface area contributed by atoms with Gasteiger partial charge in [-0.3, -0.25) is 9.13 Å². The van der Waals surface area contributed by atoms with Crippen molar-refractivity contribution in [1.29, 1.82) is 0 Å². The Balaban J connectivity index is 4.51. The van der Waals surface area contributed by atoms with Crippen molar-refractivity contribution in [1.82, 2.24) is 4.90 Å². The van der Waals surface area contributed by atoms with Crippen molar-refractivity contribution < 1.29 is 38.5 Å². The molecule has 0 atom stereocenters. The lowest BCUT2D eigenvalue weighted by Gasteiger charge is -2.30. The minimum atomic E-state index is -5.36. The summed E-state index contributed by atoms with van der Waals surface area (Å²) in [6.07, 6.45) is -0.0682. The summed E-state index contributed by atoms with van der Waals surface area (Å²) in [6, 6.07) is 0. The highest BCUT2D eigenvalue weighted by molar-refractivity contribution is 7.72. The Hall–Kier alpha value is 0.180. The van der Waals surface area contributed by atoms with Crippen molar-refractivity contribution in [2.75, 3.05) is 33.4 Å². The molecule has 0 fully saturated rings. The van der Waals surface area contributed by atoms with Crippen molar-refractivity contribution in [3.63, 3.8) is 0 Å². The van der Waals surface area contributed by atoms with Crippen LogP contribution in [-0.2, 0) is 13.9 Å². The molecule has 0 aromatic rings. The molecule has 0 heterocycles. The third-order valence-corrected chi connectivity index (χ3v) is 6.67. The van der Waals surface area contributed by atoms with Crippen molar-refractivity contribution in [3.05, 3.63) is 0 Å². The van der Waals surface area contributed by atoms with Crippen LogP contribution in [0, 0.1) is 0 Å². The molecule has 9 nitrogen and oxygen atoms in total. The van der Waals surface area contributed by atoms with Crippen LogP contribution in [0.15, 0.2) is 0 Å².